The van der Waals surface area contributed by atoms with Crippen LogP contribution in [-0.4, -0.2) is 57.7 Å². The first-order chi connectivity index (χ1) is 12.8. The summed E-state index contributed by atoms with van der Waals surface area (Å²) >= 11 is 0. The molecule has 1 aliphatic heterocycles. The molecule has 0 radical (unpaired) electrons. The van der Waals surface area contributed by atoms with Gasteiger partial charge in [0.15, 0.2) is 5.96 Å². The SMILES string of the molecule is CCNC(=NCC(C)c1cccc(C)c1)NCC1CCN(S(C)(=O)=O)CC1. The summed E-state index contributed by atoms with van der Waals surface area (Å²) in [6.07, 6.45) is 3.06. The first kappa shape index (κ1) is 21.7. The maximum atomic E-state index is 11.6. The van der Waals surface area contributed by atoms with Crippen molar-refractivity contribution in [2.75, 3.05) is 39.0 Å². The van der Waals surface area contributed by atoms with Gasteiger partial charge in [0.05, 0.1) is 6.26 Å². The van der Waals surface area contributed by atoms with E-state index in [1.165, 1.54) is 17.4 Å². The lowest BCUT2D eigenvalue weighted by Crippen LogP contribution is -2.44. The molecule has 0 spiro atoms. The lowest BCUT2D eigenvalue weighted by molar-refractivity contribution is 0.275. The van der Waals surface area contributed by atoms with Crippen LogP contribution in [0.1, 0.15) is 43.7 Å². The number of sulfonamides is 1. The van der Waals surface area contributed by atoms with Gasteiger partial charge in [-0.25, -0.2) is 12.7 Å². The molecule has 1 aromatic rings. The Kier molecular flexibility index (Phi) is 8.10. The van der Waals surface area contributed by atoms with E-state index in [0.29, 0.717) is 24.9 Å². The van der Waals surface area contributed by atoms with E-state index in [4.69, 9.17) is 4.99 Å². The van der Waals surface area contributed by atoms with Crippen LogP contribution >= 0.6 is 0 Å². The fourth-order valence-electron chi connectivity index (χ4n) is 3.34. The van der Waals surface area contributed by atoms with E-state index in [1.54, 1.807) is 4.31 Å². The minimum atomic E-state index is -3.06. The van der Waals surface area contributed by atoms with Crippen LogP contribution < -0.4 is 10.6 Å². The molecule has 0 amide bonds. The van der Waals surface area contributed by atoms with Crippen molar-refractivity contribution in [2.24, 2.45) is 10.9 Å². The molecule has 1 saturated heterocycles. The molecule has 0 bridgehead atoms. The molecule has 1 atom stereocenters. The van der Waals surface area contributed by atoms with Crippen LogP contribution in [0.4, 0.5) is 0 Å². The summed E-state index contributed by atoms with van der Waals surface area (Å²) in [4.78, 5) is 4.75. The van der Waals surface area contributed by atoms with Gasteiger partial charge < -0.3 is 10.6 Å². The first-order valence-electron chi connectivity index (χ1n) is 9.83. The highest BCUT2D eigenvalue weighted by molar-refractivity contribution is 7.88. The monoisotopic (exact) mass is 394 g/mol. The lowest BCUT2D eigenvalue weighted by Gasteiger charge is -2.30. The molecule has 7 heteroatoms. The van der Waals surface area contributed by atoms with E-state index in [9.17, 15) is 8.42 Å². The summed E-state index contributed by atoms with van der Waals surface area (Å²) in [6, 6.07) is 8.58. The second kappa shape index (κ2) is 10.1. The number of rotatable bonds is 7. The molecular weight excluding hydrogens is 360 g/mol. The summed E-state index contributed by atoms with van der Waals surface area (Å²) in [6.45, 7) is 9.96. The number of guanidine groups is 1. The topological polar surface area (TPSA) is 73.8 Å². The zero-order valence-electron chi connectivity index (χ0n) is 17.0. The highest BCUT2D eigenvalue weighted by Gasteiger charge is 2.24. The Morgan fingerprint density at radius 3 is 2.59 bits per heavy atom. The van der Waals surface area contributed by atoms with Crippen LogP contribution in [0.15, 0.2) is 29.3 Å². The number of nitrogens with zero attached hydrogens (tertiary/aromatic N) is 2. The molecule has 2 N–H and O–H groups in total. The highest BCUT2D eigenvalue weighted by atomic mass is 32.2. The molecule has 2 rings (SSSR count). The zero-order valence-corrected chi connectivity index (χ0v) is 17.8. The van der Waals surface area contributed by atoms with E-state index in [2.05, 4.69) is 55.7 Å². The third kappa shape index (κ3) is 7.14. The first-order valence-corrected chi connectivity index (χ1v) is 11.7. The van der Waals surface area contributed by atoms with Crippen LogP contribution in [0.2, 0.25) is 0 Å². The van der Waals surface area contributed by atoms with E-state index in [-0.39, 0.29) is 0 Å². The van der Waals surface area contributed by atoms with Gasteiger partial charge in [-0.3, -0.25) is 4.99 Å². The number of hydrogen-bond donors (Lipinski definition) is 2. The van der Waals surface area contributed by atoms with Gasteiger partial charge in [0.2, 0.25) is 10.0 Å². The van der Waals surface area contributed by atoms with Crippen molar-refractivity contribution in [3.05, 3.63) is 35.4 Å². The number of piperidine rings is 1. The second-order valence-corrected chi connectivity index (χ2v) is 9.50. The molecule has 152 valence electrons. The van der Waals surface area contributed by atoms with Crippen LogP contribution in [0.5, 0.6) is 0 Å². The summed E-state index contributed by atoms with van der Waals surface area (Å²) < 4.78 is 24.8. The maximum Gasteiger partial charge on any atom is 0.211 e. The van der Waals surface area contributed by atoms with Gasteiger partial charge in [-0.2, -0.15) is 0 Å². The third-order valence-electron chi connectivity index (χ3n) is 5.08. The van der Waals surface area contributed by atoms with Crippen molar-refractivity contribution in [3.8, 4) is 0 Å². The Bertz CT molecular complexity index is 725. The molecule has 1 aliphatic rings. The predicted molar refractivity (Wildman–Crippen MR) is 113 cm³/mol. The zero-order chi connectivity index (χ0) is 19.9. The molecule has 1 aromatic carbocycles. The third-order valence-corrected chi connectivity index (χ3v) is 6.38. The van der Waals surface area contributed by atoms with E-state index in [1.807, 2.05) is 0 Å². The van der Waals surface area contributed by atoms with Gasteiger partial charge in [-0.1, -0.05) is 36.8 Å². The lowest BCUT2D eigenvalue weighted by atomic mass is 9.98. The summed E-state index contributed by atoms with van der Waals surface area (Å²) in [5.41, 5.74) is 2.58. The molecule has 27 heavy (non-hydrogen) atoms. The fraction of sp³-hybridized carbons (Fsp3) is 0.650. The van der Waals surface area contributed by atoms with Crippen LogP contribution in [0.25, 0.3) is 0 Å². The van der Waals surface area contributed by atoms with Gasteiger partial charge in [0, 0.05) is 38.6 Å². The molecule has 0 aliphatic carbocycles. The van der Waals surface area contributed by atoms with Crippen molar-refractivity contribution < 1.29 is 8.42 Å². The predicted octanol–water partition coefficient (Wildman–Crippen LogP) is 2.33. The van der Waals surface area contributed by atoms with Crippen molar-refractivity contribution in [1.29, 1.82) is 0 Å². The minimum absolute atomic E-state index is 0.360. The van der Waals surface area contributed by atoms with Gasteiger partial charge in [-0.05, 0) is 38.2 Å². The Morgan fingerprint density at radius 2 is 2.00 bits per heavy atom. The summed E-state index contributed by atoms with van der Waals surface area (Å²) in [5.74, 6) is 1.67. The van der Waals surface area contributed by atoms with E-state index < -0.39 is 10.0 Å². The summed E-state index contributed by atoms with van der Waals surface area (Å²) in [7, 11) is -3.06. The van der Waals surface area contributed by atoms with Gasteiger partial charge in [0.25, 0.3) is 0 Å². The maximum absolute atomic E-state index is 11.6. The highest BCUT2D eigenvalue weighted by Crippen LogP contribution is 2.19. The van der Waals surface area contributed by atoms with E-state index >= 15 is 0 Å². The van der Waals surface area contributed by atoms with Crippen LogP contribution in [0, 0.1) is 12.8 Å². The normalized spacial score (nSPS) is 18.3. The van der Waals surface area contributed by atoms with Gasteiger partial charge in [0.1, 0.15) is 0 Å². The molecule has 1 unspecified atom stereocenters. The van der Waals surface area contributed by atoms with Crippen LogP contribution in [-0.2, 0) is 10.0 Å². The Morgan fingerprint density at radius 1 is 1.30 bits per heavy atom. The summed E-state index contributed by atoms with van der Waals surface area (Å²) in [5, 5.41) is 6.74. The average molecular weight is 395 g/mol. The molecule has 1 fully saturated rings. The molecule has 6 nitrogen and oxygen atoms in total. The quantitative estimate of drug-likeness (QED) is 0.550. The number of benzene rings is 1. The average Bonchev–Trinajstić information content (AvgIpc) is 2.63. The largest absolute Gasteiger partial charge is 0.357 e. The van der Waals surface area contributed by atoms with Crippen LogP contribution in [0.3, 0.4) is 0 Å². The van der Waals surface area contributed by atoms with Crippen molar-refractivity contribution in [3.63, 3.8) is 0 Å². The molecule has 0 saturated carbocycles. The number of aliphatic imine (C=N–C) groups is 1. The smallest absolute Gasteiger partial charge is 0.211 e. The molecule has 0 aromatic heterocycles. The number of aryl methyl sites for hydroxylation is 1. The molecular formula is C20H34N4O2S. The van der Waals surface area contributed by atoms with E-state index in [0.717, 1.165) is 38.4 Å². The van der Waals surface area contributed by atoms with Crippen molar-refractivity contribution in [2.45, 2.75) is 39.5 Å². The van der Waals surface area contributed by atoms with Gasteiger partial charge in [-0.15, -0.1) is 0 Å². The van der Waals surface area contributed by atoms with Gasteiger partial charge >= 0.3 is 0 Å². The van der Waals surface area contributed by atoms with Crippen molar-refractivity contribution in [1.82, 2.24) is 14.9 Å². The standard InChI is InChI=1S/C20H34N4O2S/c1-5-21-20(22-14-17(3)19-8-6-7-16(2)13-19)23-15-18-9-11-24(12-10-18)27(4,25)26/h6-8,13,17-18H,5,9-12,14-15H2,1-4H3,(H2,21,22,23). The Hall–Kier alpha value is -1.60. The van der Waals surface area contributed by atoms with Crippen molar-refractivity contribution >= 4 is 16.0 Å². The molecule has 1 heterocycles. The Labute approximate surface area is 164 Å². The second-order valence-electron chi connectivity index (χ2n) is 7.52. The Balaban J connectivity index is 1.85. The fourth-order valence-corrected chi connectivity index (χ4v) is 4.21. The minimum Gasteiger partial charge on any atom is -0.357 e. The number of hydrogen-bond acceptors (Lipinski definition) is 3. The number of nitrogens with one attached hydrogen (secondary N) is 2.